The van der Waals surface area contributed by atoms with E-state index in [1.807, 2.05) is 38.4 Å². The fourth-order valence-electron chi connectivity index (χ4n) is 2.08. The molecule has 0 aliphatic rings. The van der Waals surface area contributed by atoms with Crippen LogP contribution in [-0.2, 0) is 0 Å². The van der Waals surface area contributed by atoms with Gasteiger partial charge in [0, 0.05) is 25.2 Å². The largest absolute Gasteiger partial charge is 0.342 e. The van der Waals surface area contributed by atoms with Crippen LogP contribution in [0.5, 0.6) is 0 Å². The minimum absolute atomic E-state index is 0.0507. The summed E-state index contributed by atoms with van der Waals surface area (Å²) in [5.41, 5.74) is 1.58. The number of hydrogen-bond acceptors (Lipinski definition) is 3. The van der Waals surface area contributed by atoms with Gasteiger partial charge in [0.1, 0.15) is 0 Å². The number of nitrogens with one attached hydrogen (secondary N) is 1. The Balaban J connectivity index is 2.21. The van der Waals surface area contributed by atoms with Crippen LogP contribution in [0.15, 0.2) is 36.5 Å². The van der Waals surface area contributed by atoms with Crippen LogP contribution < -0.4 is 5.32 Å². The Morgan fingerprint density at radius 1 is 1.32 bits per heavy atom. The van der Waals surface area contributed by atoms with E-state index in [9.17, 15) is 4.79 Å². The summed E-state index contributed by atoms with van der Waals surface area (Å²) in [6.07, 6.45) is 2.64. The minimum Gasteiger partial charge on any atom is -0.342 e. The van der Waals surface area contributed by atoms with Gasteiger partial charge in [0.05, 0.1) is 11.1 Å². The van der Waals surface area contributed by atoms with Crippen molar-refractivity contribution in [3.05, 3.63) is 42.1 Å². The first-order chi connectivity index (χ1) is 9.24. The Morgan fingerprint density at radius 2 is 2.11 bits per heavy atom. The van der Waals surface area contributed by atoms with Gasteiger partial charge in [-0.1, -0.05) is 18.2 Å². The number of carbonyl (C=O) groups excluding carboxylic acids is 1. The van der Waals surface area contributed by atoms with Crippen molar-refractivity contribution in [2.75, 3.05) is 27.2 Å². The van der Waals surface area contributed by atoms with E-state index in [0.717, 1.165) is 36.0 Å². The highest BCUT2D eigenvalue weighted by Crippen LogP contribution is 2.17. The first-order valence-electron chi connectivity index (χ1n) is 6.48. The van der Waals surface area contributed by atoms with Crippen molar-refractivity contribution in [1.82, 2.24) is 15.2 Å². The zero-order valence-electron chi connectivity index (χ0n) is 11.4. The van der Waals surface area contributed by atoms with Crippen molar-refractivity contribution in [3.63, 3.8) is 0 Å². The molecule has 4 heteroatoms. The van der Waals surface area contributed by atoms with E-state index in [-0.39, 0.29) is 5.91 Å². The van der Waals surface area contributed by atoms with Gasteiger partial charge in [-0.3, -0.25) is 9.78 Å². The molecule has 4 nitrogen and oxygen atoms in total. The number of carbonyl (C=O) groups is 1. The molecule has 1 amide bonds. The molecule has 2 rings (SSSR count). The normalized spacial score (nSPS) is 10.6. The first-order valence-corrected chi connectivity index (χ1v) is 6.48. The minimum atomic E-state index is 0.0507. The van der Waals surface area contributed by atoms with Crippen LogP contribution in [0, 0.1) is 0 Å². The lowest BCUT2D eigenvalue weighted by atomic mass is 10.1. The van der Waals surface area contributed by atoms with E-state index in [2.05, 4.69) is 10.3 Å². The van der Waals surface area contributed by atoms with Crippen LogP contribution in [0.3, 0.4) is 0 Å². The highest BCUT2D eigenvalue weighted by Gasteiger charge is 2.14. The summed E-state index contributed by atoms with van der Waals surface area (Å²) in [7, 11) is 3.76. The number of amides is 1. The van der Waals surface area contributed by atoms with E-state index in [0.29, 0.717) is 0 Å². The lowest BCUT2D eigenvalue weighted by Crippen LogP contribution is -2.29. The molecule has 0 unspecified atom stereocenters. The summed E-state index contributed by atoms with van der Waals surface area (Å²) in [6, 6.07) is 9.52. The Morgan fingerprint density at radius 3 is 2.89 bits per heavy atom. The Hall–Kier alpha value is -1.94. The van der Waals surface area contributed by atoms with Crippen molar-refractivity contribution >= 4 is 16.8 Å². The van der Waals surface area contributed by atoms with Gasteiger partial charge < -0.3 is 10.2 Å². The van der Waals surface area contributed by atoms with Crippen LogP contribution >= 0.6 is 0 Å². The third kappa shape index (κ3) is 3.09. The van der Waals surface area contributed by atoms with Gasteiger partial charge in [0.2, 0.25) is 0 Å². The summed E-state index contributed by atoms with van der Waals surface area (Å²) < 4.78 is 0. The summed E-state index contributed by atoms with van der Waals surface area (Å²) in [5, 5.41) is 4.00. The summed E-state index contributed by atoms with van der Waals surface area (Å²) in [5.74, 6) is 0.0507. The molecule has 0 atom stereocenters. The fraction of sp³-hybridized carbons (Fsp3) is 0.333. The standard InChI is InChI=1S/C15H19N3O/c1-16-9-5-11-18(2)15(19)13-8-10-17-14-7-4-3-6-12(13)14/h3-4,6-8,10,16H,5,9,11H2,1-2H3. The molecular weight excluding hydrogens is 238 g/mol. The molecular formula is C15H19N3O. The van der Waals surface area contributed by atoms with Crippen LogP contribution in [-0.4, -0.2) is 43.0 Å². The van der Waals surface area contributed by atoms with E-state index < -0.39 is 0 Å². The van der Waals surface area contributed by atoms with Gasteiger partial charge in [-0.25, -0.2) is 0 Å². The van der Waals surface area contributed by atoms with Crippen molar-refractivity contribution in [1.29, 1.82) is 0 Å². The number of nitrogens with zero attached hydrogens (tertiary/aromatic N) is 2. The molecule has 19 heavy (non-hydrogen) atoms. The van der Waals surface area contributed by atoms with Crippen molar-refractivity contribution in [2.24, 2.45) is 0 Å². The molecule has 1 heterocycles. The van der Waals surface area contributed by atoms with Crippen molar-refractivity contribution < 1.29 is 4.79 Å². The van der Waals surface area contributed by atoms with Gasteiger partial charge in [-0.15, -0.1) is 0 Å². The second-order valence-corrected chi connectivity index (χ2v) is 4.56. The molecule has 0 aliphatic heterocycles. The molecule has 0 saturated carbocycles. The molecule has 0 bridgehead atoms. The Bertz CT molecular complexity index is 563. The van der Waals surface area contributed by atoms with Crippen molar-refractivity contribution in [3.8, 4) is 0 Å². The smallest absolute Gasteiger partial charge is 0.254 e. The highest BCUT2D eigenvalue weighted by molar-refractivity contribution is 6.05. The lowest BCUT2D eigenvalue weighted by molar-refractivity contribution is 0.0795. The lowest BCUT2D eigenvalue weighted by Gasteiger charge is -2.18. The molecule has 0 fully saturated rings. The van der Waals surface area contributed by atoms with Gasteiger partial charge in [0.15, 0.2) is 0 Å². The SMILES string of the molecule is CNCCCN(C)C(=O)c1ccnc2ccccc12. The van der Waals surface area contributed by atoms with Gasteiger partial charge in [-0.2, -0.15) is 0 Å². The van der Waals surface area contributed by atoms with Gasteiger partial charge in [0.25, 0.3) is 5.91 Å². The van der Waals surface area contributed by atoms with Crippen LogP contribution in [0.1, 0.15) is 16.8 Å². The number of benzene rings is 1. The second-order valence-electron chi connectivity index (χ2n) is 4.56. The molecule has 0 saturated heterocycles. The molecule has 1 aromatic heterocycles. The van der Waals surface area contributed by atoms with E-state index >= 15 is 0 Å². The van der Waals surface area contributed by atoms with E-state index in [1.165, 1.54) is 0 Å². The molecule has 1 aromatic carbocycles. The topological polar surface area (TPSA) is 45.2 Å². The Labute approximate surface area is 113 Å². The quantitative estimate of drug-likeness (QED) is 0.832. The number of fused-ring (bicyclic) bond motifs is 1. The average molecular weight is 257 g/mol. The maximum absolute atomic E-state index is 12.4. The van der Waals surface area contributed by atoms with Gasteiger partial charge >= 0.3 is 0 Å². The van der Waals surface area contributed by atoms with Crippen LogP contribution in [0.4, 0.5) is 0 Å². The molecule has 100 valence electrons. The average Bonchev–Trinajstić information content (AvgIpc) is 2.46. The zero-order chi connectivity index (χ0) is 13.7. The predicted octanol–water partition coefficient (Wildman–Crippen LogP) is 1.92. The molecule has 2 aromatic rings. The third-order valence-electron chi connectivity index (χ3n) is 3.15. The summed E-state index contributed by atoms with van der Waals surface area (Å²) >= 11 is 0. The number of para-hydroxylation sites is 1. The van der Waals surface area contributed by atoms with Crippen LogP contribution in [0.25, 0.3) is 10.9 Å². The number of pyridine rings is 1. The molecule has 1 N–H and O–H groups in total. The van der Waals surface area contributed by atoms with Gasteiger partial charge in [-0.05, 0) is 32.1 Å². The second kappa shape index (κ2) is 6.29. The maximum atomic E-state index is 12.4. The summed E-state index contributed by atoms with van der Waals surface area (Å²) in [6.45, 7) is 1.66. The number of rotatable bonds is 5. The predicted molar refractivity (Wildman–Crippen MR) is 77.2 cm³/mol. The maximum Gasteiger partial charge on any atom is 0.254 e. The third-order valence-corrected chi connectivity index (χ3v) is 3.15. The van der Waals surface area contributed by atoms with Crippen LogP contribution in [0.2, 0.25) is 0 Å². The highest BCUT2D eigenvalue weighted by atomic mass is 16.2. The molecule has 0 radical (unpaired) electrons. The summed E-state index contributed by atoms with van der Waals surface area (Å²) in [4.78, 5) is 18.5. The zero-order valence-corrected chi connectivity index (χ0v) is 11.4. The monoisotopic (exact) mass is 257 g/mol. The van der Waals surface area contributed by atoms with Crippen molar-refractivity contribution in [2.45, 2.75) is 6.42 Å². The van der Waals surface area contributed by atoms with E-state index in [4.69, 9.17) is 0 Å². The molecule has 0 aliphatic carbocycles. The number of aromatic nitrogens is 1. The number of hydrogen-bond donors (Lipinski definition) is 1. The first kappa shape index (κ1) is 13.5. The fourth-order valence-corrected chi connectivity index (χ4v) is 2.08. The Kier molecular flexibility index (Phi) is 4.47. The molecule has 0 spiro atoms. The van der Waals surface area contributed by atoms with E-state index in [1.54, 1.807) is 17.2 Å².